The monoisotopic (exact) mass is 804 g/mol. The Morgan fingerprint density at radius 3 is 1.17 bits per heavy atom. The van der Waals surface area contributed by atoms with Gasteiger partial charge in [-0.15, -0.1) is 69.1 Å². The van der Waals surface area contributed by atoms with E-state index in [1.165, 1.54) is 106 Å². The standard InChI is InChI=1S/2C23H25.C3H6.2ClH.Zr/c2*1-16(2)17-10-12-19(13-11-17)22-9-5-8-20-14-21(15-23(20)22)18-6-3-4-7-18;1-3-2;;;/h2*5,8-16,18H,3-4,6-7H2,1-2H3;1-3H2;2*1H;/q2*-1;-2;;;+2/p-2. The van der Waals surface area contributed by atoms with E-state index in [-0.39, 0.29) is 51.0 Å². The van der Waals surface area contributed by atoms with E-state index in [0.717, 1.165) is 18.3 Å². The van der Waals surface area contributed by atoms with Crippen molar-refractivity contribution < 1.29 is 51.0 Å². The van der Waals surface area contributed by atoms with Gasteiger partial charge >= 0.3 is 26.2 Å². The molecule has 274 valence electrons. The second-order valence-electron chi connectivity index (χ2n) is 15.1. The molecule has 2 aliphatic rings. The molecule has 0 radical (unpaired) electrons. The summed E-state index contributed by atoms with van der Waals surface area (Å²) in [4.78, 5) is 0. The Morgan fingerprint density at radius 2 is 0.865 bits per heavy atom. The topological polar surface area (TPSA) is 0 Å². The van der Waals surface area contributed by atoms with Crippen LogP contribution in [0.5, 0.6) is 0 Å². The molecule has 0 N–H and O–H groups in total. The van der Waals surface area contributed by atoms with Crippen LogP contribution in [0.1, 0.15) is 131 Å². The number of fused-ring (bicyclic) bond motifs is 2. The van der Waals surface area contributed by atoms with Crippen molar-refractivity contribution in [2.75, 3.05) is 0 Å². The Morgan fingerprint density at radius 1 is 0.538 bits per heavy atom. The number of halogens is 2. The van der Waals surface area contributed by atoms with Gasteiger partial charge < -0.3 is 45.1 Å². The normalized spacial score (nSPS) is 14.3. The van der Waals surface area contributed by atoms with Crippen LogP contribution in [0, 0.1) is 13.8 Å². The molecule has 2 saturated carbocycles. The summed E-state index contributed by atoms with van der Waals surface area (Å²) >= 11 is 0. The molecular formula is C49H56Cl2Zr-4. The molecule has 0 aliphatic heterocycles. The van der Waals surface area contributed by atoms with Crippen molar-refractivity contribution in [3.05, 3.63) is 145 Å². The van der Waals surface area contributed by atoms with E-state index < -0.39 is 0 Å². The second-order valence-corrected chi connectivity index (χ2v) is 15.1. The van der Waals surface area contributed by atoms with Crippen LogP contribution in [0.25, 0.3) is 43.8 Å². The van der Waals surface area contributed by atoms with Crippen molar-refractivity contribution in [3.63, 3.8) is 0 Å². The van der Waals surface area contributed by atoms with E-state index in [0.29, 0.717) is 11.8 Å². The Kier molecular flexibility index (Phi) is 17.6. The predicted molar refractivity (Wildman–Crippen MR) is 216 cm³/mol. The van der Waals surface area contributed by atoms with Crippen LogP contribution < -0.4 is 24.8 Å². The second kappa shape index (κ2) is 20.9. The van der Waals surface area contributed by atoms with Crippen LogP contribution >= 0.6 is 0 Å². The molecule has 6 aromatic carbocycles. The van der Waals surface area contributed by atoms with Gasteiger partial charge in [0.1, 0.15) is 0 Å². The van der Waals surface area contributed by atoms with Gasteiger partial charge in [0.25, 0.3) is 0 Å². The molecule has 2 fully saturated rings. The molecule has 6 aromatic rings. The first-order valence-corrected chi connectivity index (χ1v) is 19.0. The predicted octanol–water partition coefficient (Wildman–Crippen LogP) is 9.06. The van der Waals surface area contributed by atoms with Crippen molar-refractivity contribution in [2.45, 2.75) is 109 Å². The summed E-state index contributed by atoms with van der Waals surface area (Å²) in [5.74, 6) is 2.76. The van der Waals surface area contributed by atoms with Crippen LogP contribution in [-0.4, -0.2) is 0 Å². The van der Waals surface area contributed by atoms with E-state index in [1.54, 1.807) is 11.1 Å². The van der Waals surface area contributed by atoms with E-state index in [2.05, 4.69) is 151 Å². The third-order valence-corrected chi connectivity index (χ3v) is 11.0. The van der Waals surface area contributed by atoms with Gasteiger partial charge in [0.2, 0.25) is 0 Å². The Balaban J connectivity index is 0.000000248. The van der Waals surface area contributed by atoms with Gasteiger partial charge in [-0.25, -0.2) is 0 Å². The van der Waals surface area contributed by atoms with Crippen LogP contribution in [0.2, 0.25) is 0 Å². The summed E-state index contributed by atoms with van der Waals surface area (Å²) in [6, 6.07) is 41.5. The Bertz CT molecular complexity index is 1770. The van der Waals surface area contributed by atoms with Gasteiger partial charge in [0, 0.05) is 0 Å². The average Bonchev–Trinajstić information content (AvgIpc) is 3.95. The van der Waals surface area contributed by atoms with Gasteiger partial charge in [0.15, 0.2) is 0 Å². The fourth-order valence-corrected chi connectivity index (χ4v) is 8.10. The molecule has 0 aromatic heterocycles. The average molecular weight is 807 g/mol. The minimum absolute atomic E-state index is 0. The molecule has 2 aliphatic carbocycles. The summed E-state index contributed by atoms with van der Waals surface area (Å²) < 4.78 is 0. The van der Waals surface area contributed by atoms with Crippen LogP contribution in [0.3, 0.4) is 0 Å². The fraction of sp³-hybridized carbons (Fsp3) is 0.347. The van der Waals surface area contributed by atoms with Crippen molar-refractivity contribution in [1.29, 1.82) is 0 Å². The van der Waals surface area contributed by atoms with Crippen molar-refractivity contribution in [3.8, 4) is 22.3 Å². The van der Waals surface area contributed by atoms with E-state index >= 15 is 0 Å². The molecule has 0 atom stereocenters. The number of benzene rings is 4. The molecule has 0 unspecified atom stereocenters. The first kappa shape index (κ1) is 44.0. The van der Waals surface area contributed by atoms with Gasteiger partial charge in [0.05, 0.1) is 0 Å². The minimum atomic E-state index is 0. The molecule has 52 heavy (non-hydrogen) atoms. The maximum atomic E-state index is 3.38. The van der Waals surface area contributed by atoms with Crippen LogP contribution in [0.15, 0.2) is 109 Å². The minimum Gasteiger partial charge on any atom is -1.00 e. The number of hydrogen-bond acceptors (Lipinski definition) is 0. The smallest absolute Gasteiger partial charge is 1.00 e. The van der Waals surface area contributed by atoms with Crippen molar-refractivity contribution in [1.82, 2.24) is 0 Å². The van der Waals surface area contributed by atoms with E-state index in [4.69, 9.17) is 0 Å². The zero-order valence-electron chi connectivity index (χ0n) is 31.7. The summed E-state index contributed by atoms with van der Waals surface area (Å²) in [7, 11) is 0. The third kappa shape index (κ3) is 10.4. The quantitative estimate of drug-likeness (QED) is 0.148. The summed E-state index contributed by atoms with van der Waals surface area (Å²) in [5.41, 5.74) is 11.4. The number of hydrogen-bond donors (Lipinski definition) is 0. The first-order chi connectivity index (χ1) is 23.9. The SMILES string of the molecule is CC(C)c1ccc(-c2cccc3[cH-]c(C4CCCC4)cc23)cc1.CC(C)c1ccc(-c2cccc3[cH-]c(C4CCCC4)cc23)cc1.[CH2-]C[CH2-].[Cl-].[Cl-].[Zr+2]. The summed E-state index contributed by atoms with van der Waals surface area (Å²) in [6.07, 6.45) is 11.8. The zero-order chi connectivity index (χ0) is 34.3. The number of rotatable bonds is 6. The summed E-state index contributed by atoms with van der Waals surface area (Å²) in [5, 5.41) is 5.65. The zero-order valence-corrected chi connectivity index (χ0v) is 35.7. The molecular weight excluding hydrogens is 751 g/mol. The maximum absolute atomic E-state index is 3.38. The summed E-state index contributed by atoms with van der Waals surface area (Å²) in [6.45, 7) is 15.8. The van der Waals surface area contributed by atoms with Gasteiger partial charge in [-0.3, -0.25) is 0 Å². The van der Waals surface area contributed by atoms with Gasteiger partial charge in [-0.2, -0.15) is 12.1 Å². The molecule has 3 heteroatoms. The van der Waals surface area contributed by atoms with E-state index in [9.17, 15) is 0 Å². The van der Waals surface area contributed by atoms with Gasteiger partial charge in [-0.1, -0.05) is 125 Å². The van der Waals surface area contributed by atoms with Crippen molar-refractivity contribution >= 4 is 21.5 Å². The molecule has 0 nitrogen and oxygen atoms in total. The third-order valence-electron chi connectivity index (χ3n) is 11.0. The molecule has 0 spiro atoms. The molecule has 0 heterocycles. The maximum Gasteiger partial charge on any atom is 2.00 e. The van der Waals surface area contributed by atoms with Gasteiger partial charge in [-0.05, 0) is 71.6 Å². The van der Waals surface area contributed by atoms with Crippen LogP contribution in [0.4, 0.5) is 0 Å². The Hall–Kier alpha value is -2.44. The van der Waals surface area contributed by atoms with Crippen molar-refractivity contribution in [2.24, 2.45) is 0 Å². The van der Waals surface area contributed by atoms with E-state index in [1.807, 2.05) is 0 Å². The fourth-order valence-electron chi connectivity index (χ4n) is 8.10. The van der Waals surface area contributed by atoms with Crippen LogP contribution in [-0.2, 0) is 26.2 Å². The molecule has 0 bridgehead atoms. The molecule has 0 saturated heterocycles. The Labute approximate surface area is 346 Å². The first-order valence-electron chi connectivity index (χ1n) is 19.0. The molecule has 0 amide bonds. The largest absolute Gasteiger partial charge is 2.00 e. The molecule has 8 rings (SSSR count).